The summed E-state index contributed by atoms with van der Waals surface area (Å²) in [5, 5.41) is 7.90. The Morgan fingerprint density at radius 3 is 2.68 bits per heavy atom. The fourth-order valence-electron chi connectivity index (χ4n) is 4.73. The highest BCUT2D eigenvalue weighted by Crippen LogP contribution is 2.66. The van der Waals surface area contributed by atoms with Crippen LogP contribution in [0.1, 0.15) is 51.2 Å². The molecule has 1 aliphatic heterocycles. The number of amidine groups is 2. The summed E-state index contributed by atoms with van der Waals surface area (Å²) in [6, 6.07) is 5.80. The van der Waals surface area contributed by atoms with Crippen LogP contribution in [0.3, 0.4) is 0 Å². The second-order valence-corrected chi connectivity index (χ2v) is 7.77. The highest BCUT2D eigenvalue weighted by atomic mass is 16.5. The molecule has 1 aromatic rings. The lowest BCUT2D eigenvalue weighted by atomic mass is 9.70. The van der Waals surface area contributed by atoms with Gasteiger partial charge in [-0.15, -0.1) is 0 Å². The van der Waals surface area contributed by atoms with Crippen LogP contribution in [0.4, 0.5) is 0 Å². The maximum absolute atomic E-state index is 7.90. The van der Waals surface area contributed by atoms with Gasteiger partial charge in [0.05, 0.1) is 0 Å². The van der Waals surface area contributed by atoms with Crippen molar-refractivity contribution in [3.63, 3.8) is 0 Å². The van der Waals surface area contributed by atoms with Crippen LogP contribution in [0, 0.1) is 22.2 Å². The third-order valence-electron chi connectivity index (χ3n) is 6.75. The van der Waals surface area contributed by atoms with E-state index in [0.717, 1.165) is 29.2 Å². The van der Waals surface area contributed by atoms with Crippen molar-refractivity contribution in [2.24, 2.45) is 27.5 Å². The number of fused-ring (bicyclic) bond motifs is 3. The predicted octanol–water partition coefficient (Wildman–Crippen LogP) is 3.32. The molecule has 0 unspecified atom stereocenters. The van der Waals surface area contributed by atoms with Gasteiger partial charge in [0.2, 0.25) is 0 Å². The second kappa shape index (κ2) is 4.12. The summed E-state index contributed by atoms with van der Waals surface area (Å²) in [6.45, 7) is 7.16. The van der Waals surface area contributed by atoms with Crippen LogP contribution in [0.5, 0.6) is 5.75 Å². The van der Waals surface area contributed by atoms with E-state index < -0.39 is 0 Å². The Bertz CT molecular complexity index is 706. The molecule has 0 saturated heterocycles. The molecule has 3 N–H and O–H groups in total. The number of hydrogen-bond donors (Lipinski definition) is 2. The van der Waals surface area contributed by atoms with Crippen molar-refractivity contribution in [2.45, 2.75) is 46.1 Å². The first-order valence-corrected chi connectivity index (χ1v) is 8.07. The summed E-state index contributed by atoms with van der Waals surface area (Å²) >= 11 is 0. The molecule has 3 atom stereocenters. The summed E-state index contributed by atoms with van der Waals surface area (Å²) in [4.78, 5) is 4.03. The van der Waals surface area contributed by atoms with Crippen LogP contribution in [0.25, 0.3) is 0 Å². The highest BCUT2D eigenvalue weighted by Gasteiger charge is 2.62. The quantitative estimate of drug-likeness (QED) is 0.879. The third kappa shape index (κ3) is 1.58. The van der Waals surface area contributed by atoms with Gasteiger partial charge in [0.15, 0.2) is 5.84 Å². The fourth-order valence-corrected chi connectivity index (χ4v) is 4.73. The van der Waals surface area contributed by atoms with Gasteiger partial charge in [0, 0.05) is 16.5 Å². The van der Waals surface area contributed by atoms with Crippen LogP contribution in [0.15, 0.2) is 23.2 Å². The molecule has 22 heavy (non-hydrogen) atoms. The Balaban J connectivity index is 1.62. The molecule has 2 fully saturated rings. The maximum atomic E-state index is 7.90. The van der Waals surface area contributed by atoms with Gasteiger partial charge >= 0.3 is 0 Å². The molecule has 1 aromatic carbocycles. The third-order valence-corrected chi connectivity index (χ3v) is 6.75. The number of nitrogens with one attached hydrogen (secondary N) is 1. The molecular formula is C18H23N3O. The SMILES string of the molecule is CC1(C)[C@H]2CC[C@]1(C)[C@H](Oc1ccc3c(c1)C(=N)N=C3N)C2. The van der Waals surface area contributed by atoms with E-state index in [4.69, 9.17) is 15.9 Å². The summed E-state index contributed by atoms with van der Waals surface area (Å²) in [6.07, 6.45) is 3.96. The molecule has 4 heteroatoms. The van der Waals surface area contributed by atoms with E-state index in [1.807, 2.05) is 18.2 Å². The van der Waals surface area contributed by atoms with Crippen LogP contribution in [-0.2, 0) is 0 Å². The van der Waals surface area contributed by atoms with E-state index >= 15 is 0 Å². The minimum Gasteiger partial charge on any atom is -0.490 e. The van der Waals surface area contributed by atoms with Crippen molar-refractivity contribution in [1.29, 1.82) is 5.41 Å². The molecule has 4 nitrogen and oxygen atoms in total. The lowest BCUT2D eigenvalue weighted by Crippen LogP contribution is -2.38. The number of nitrogens with zero attached hydrogens (tertiary/aromatic N) is 1. The summed E-state index contributed by atoms with van der Waals surface area (Å²) in [5.41, 5.74) is 8.03. The monoisotopic (exact) mass is 297 g/mol. The molecule has 0 aromatic heterocycles. The molecule has 2 aliphatic carbocycles. The zero-order valence-corrected chi connectivity index (χ0v) is 13.4. The van der Waals surface area contributed by atoms with Crippen molar-refractivity contribution < 1.29 is 4.74 Å². The average molecular weight is 297 g/mol. The molecule has 3 aliphatic rings. The van der Waals surface area contributed by atoms with E-state index in [0.29, 0.717) is 11.3 Å². The maximum Gasteiger partial charge on any atom is 0.155 e. The van der Waals surface area contributed by atoms with Crippen molar-refractivity contribution in [2.75, 3.05) is 0 Å². The summed E-state index contributed by atoms with van der Waals surface area (Å²) < 4.78 is 6.37. The van der Waals surface area contributed by atoms with Crippen molar-refractivity contribution in [3.8, 4) is 5.75 Å². The molecule has 1 heterocycles. The minimum absolute atomic E-state index is 0.234. The average Bonchev–Trinajstić information content (AvgIpc) is 2.94. The van der Waals surface area contributed by atoms with Gasteiger partial charge in [-0.2, -0.15) is 0 Å². The summed E-state index contributed by atoms with van der Waals surface area (Å²) in [7, 11) is 0. The zero-order chi connectivity index (χ0) is 15.7. The topological polar surface area (TPSA) is 71.5 Å². The number of hydrogen-bond acceptors (Lipinski definition) is 3. The number of benzene rings is 1. The fraction of sp³-hybridized carbons (Fsp3) is 0.556. The molecule has 2 bridgehead atoms. The molecule has 0 amide bonds. The Hall–Kier alpha value is -1.84. The Labute approximate surface area is 131 Å². The Morgan fingerprint density at radius 1 is 1.27 bits per heavy atom. The van der Waals surface area contributed by atoms with Gasteiger partial charge in [-0.3, -0.25) is 5.41 Å². The molecule has 0 radical (unpaired) electrons. The second-order valence-electron chi connectivity index (χ2n) is 7.77. The van der Waals surface area contributed by atoms with Crippen molar-refractivity contribution in [3.05, 3.63) is 29.3 Å². The van der Waals surface area contributed by atoms with Gasteiger partial charge in [-0.05, 0) is 48.8 Å². The van der Waals surface area contributed by atoms with Gasteiger partial charge in [0.1, 0.15) is 17.7 Å². The number of nitrogens with two attached hydrogens (primary N) is 1. The molecular weight excluding hydrogens is 274 g/mol. The first-order valence-electron chi connectivity index (χ1n) is 8.07. The van der Waals surface area contributed by atoms with E-state index in [1.54, 1.807) is 0 Å². The first kappa shape index (κ1) is 13.8. The number of rotatable bonds is 2. The van der Waals surface area contributed by atoms with E-state index in [1.165, 1.54) is 12.8 Å². The minimum atomic E-state index is 0.234. The van der Waals surface area contributed by atoms with Crippen molar-refractivity contribution in [1.82, 2.24) is 0 Å². The molecule has 116 valence electrons. The highest BCUT2D eigenvalue weighted by molar-refractivity contribution is 6.20. The predicted molar refractivity (Wildman–Crippen MR) is 87.6 cm³/mol. The normalized spacial score (nSPS) is 34.7. The van der Waals surface area contributed by atoms with E-state index in [9.17, 15) is 0 Å². The van der Waals surface area contributed by atoms with Gasteiger partial charge in [0.25, 0.3) is 0 Å². The van der Waals surface area contributed by atoms with Crippen LogP contribution >= 0.6 is 0 Å². The van der Waals surface area contributed by atoms with Gasteiger partial charge in [-0.25, -0.2) is 4.99 Å². The zero-order valence-electron chi connectivity index (χ0n) is 13.4. The molecule has 0 spiro atoms. The van der Waals surface area contributed by atoms with E-state index in [2.05, 4.69) is 25.8 Å². The largest absolute Gasteiger partial charge is 0.490 e. The van der Waals surface area contributed by atoms with Crippen LogP contribution in [-0.4, -0.2) is 17.8 Å². The smallest absolute Gasteiger partial charge is 0.155 e. The lowest BCUT2D eigenvalue weighted by molar-refractivity contribution is 0.0302. The molecule has 2 saturated carbocycles. The van der Waals surface area contributed by atoms with Crippen LogP contribution < -0.4 is 10.5 Å². The number of ether oxygens (including phenoxy) is 1. The van der Waals surface area contributed by atoms with Crippen molar-refractivity contribution >= 4 is 11.7 Å². The number of aliphatic imine (C=N–C) groups is 1. The lowest BCUT2D eigenvalue weighted by Gasteiger charge is -2.38. The Morgan fingerprint density at radius 2 is 2.05 bits per heavy atom. The van der Waals surface area contributed by atoms with Gasteiger partial charge < -0.3 is 10.5 Å². The Kier molecular flexibility index (Phi) is 2.58. The molecule has 4 rings (SSSR count). The summed E-state index contributed by atoms with van der Waals surface area (Å²) in [5.74, 6) is 2.26. The van der Waals surface area contributed by atoms with Crippen LogP contribution in [0.2, 0.25) is 0 Å². The first-order chi connectivity index (χ1) is 10.3. The van der Waals surface area contributed by atoms with Gasteiger partial charge in [-0.1, -0.05) is 20.8 Å². The standard InChI is InChI=1S/C18H23N3O/c1-17(2)10-6-7-18(17,3)14(8-10)22-11-4-5-12-13(9-11)16(20)21-15(12)19/h4-5,9-10,14H,6-8H2,1-3H3,(H3,19,20,21)/t10-,14+,18+/m0/s1. The van der Waals surface area contributed by atoms with E-state index in [-0.39, 0.29) is 17.4 Å².